The normalized spacial score (nSPS) is 12.6. The number of carboxylic acid groups (broad SMARTS) is 1. The van der Waals surface area contributed by atoms with Crippen molar-refractivity contribution in [3.8, 4) is 0 Å². The van der Waals surface area contributed by atoms with Gasteiger partial charge < -0.3 is 9.67 Å². The van der Waals surface area contributed by atoms with E-state index in [1.807, 2.05) is 13.8 Å². The predicted molar refractivity (Wildman–Crippen MR) is 75.2 cm³/mol. The van der Waals surface area contributed by atoms with Gasteiger partial charge in [-0.3, -0.25) is 4.79 Å². The van der Waals surface area contributed by atoms with Gasteiger partial charge in [0.2, 0.25) is 0 Å². The largest absolute Gasteiger partial charge is 0.477 e. The third-order valence-corrected chi connectivity index (χ3v) is 3.50. The summed E-state index contributed by atoms with van der Waals surface area (Å²) < 4.78 is 1.68. The van der Waals surface area contributed by atoms with E-state index in [1.165, 1.54) is 0 Å². The molecule has 19 heavy (non-hydrogen) atoms. The number of aromatic carboxylic acids is 1. The lowest BCUT2D eigenvalue weighted by molar-refractivity contribution is 0.0682. The maximum absolute atomic E-state index is 12.0. The Hall–Kier alpha value is -1.81. The summed E-state index contributed by atoms with van der Waals surface area (Å²) in [6.45, 7) is 3.89. The van der Waals surface area contributed by atoms with Crippen molar-refractivity contribution in [3.05, 3.63) is 45.2 Å². The number of carbonyl (C=O) groups is 1. The fraction of sp³-hybridized carbons (Fsp3) is 0.286. The van der Waals surface area contributed by atoms with Crippen LogP contribution in [0.4, 0.5) is 0 Å². The number of hydrogen-bond donors (Lipinski definition) is 1. The minimum atomic E-state index is -1.10. The van der Waals surface area contributed by atoms with Crippen LogP contribution in [-0.2, 0) is 0 Å². The first-order chi connectivity index (χ1) is 8.95. The van der Waals surface area contributed by atoms with Crippen LogP contribution in [0, 0.1) is 0 Å². The number of hydrogen-bond acceptors (Lipinski definition) is 2. The highest BCUT2D eigenvalue weighted by atomic mass is 35.5. The molecule has 0 aliphatic carbocycles. The predicted octanol–water partition coefficient (Wildman–Crippen LogP) is 3.32. The van der Waals surface area contributed by atoms with E-state index >= 15 is 0 Å². The molecule has 1 aromatic carbocycles. The van der Waals surface area contributed by atoms with Crippen molar-refractivity contribution in [1.82, 2.24) is 4.57 Å². The van der Waals surface area contributed by atoms with Crippen molar-refractivity contribution in [2.24, 2.45) is 0 Å². The van der Waals surface area contributed by atoms with E-state index in [4.69, 9.17) is 11.6 Å². The summed E-state index contributed by atoms with van der Waals surface area (Å²) in [6.07, 6.45) is 0.765. The lowest BCUT2D eigenvalue weighted by Crippen LogP contribution is -2.20. The van der Waals surface area contributed by atoms with Crippen molar-refractivity contribution in [2.75, 3.05) is 0 Å². The molecule has 1 unspecified atom stereocenters. The summed E-state index contributed by atoms with van der Waals surface area (Å²) in [6, 6.07) is 6.07. The van der Waals surface area contributed by atoms with E-state index in [9.17, 15) is 14.7 Å². The van der Waals surface area contributed by atoms with Gasteiger partial charge in [-0.2, -0.15) is 0 Å². The van der Waals surface area contributed by atoms with Crippen LogP contribution in [0.1, 0.15) is 36.8 Å². The Balaban J connectivity index is 2.94. The van der Waals surface area contributed by atoms with Crippen molar-refractivity contribution in [2.45, 2.75) is 26.3 Å². The van der Waals surface area contributed by atoms with E-state index in [1.54, 1.807) is 22.8 Å². The highest BCUT2D eigenvalue weighted by Crippen LogP contribution is 2.23. The molecule has 100 valence electrons. The minimum Gasteiger partial charge on any atom is -0.477 e. The van der Waals surface area contributed by atoms with Gasteiger partial charge in [0, 0.05) is 22.5 Å². The molecular weight excluding hydrogens is 266 g/mol. The fourth-order valence-corrected chi connectivity index (χ4v) is 2.31. The lowest BCUT2D eigenvalue weighted by Gasteiger charge is -2.20. The van der Waals surface area contributed by atoms with Gasteiger partial charge in [-0.15, -0.1) is 0 Å². The SMILES string of the molecule is CCC(C)n1c(C(=O)O)cc(=O)c2cc(Cl)ccc21. The van der Waals surface area contributed by atoms with Gasteiger partial charge in [0.15, 0.2) is 5.43 Å². The number of carboxylic acids is 1. The van der Waals surface area contributed by atoms with Crippen LogP contribution in [0.25, 0.3) is 10.9 Å². The number of pyridine rings is 1. The first-order valence-electron chi connectivity index (χ1n) is 6.03. The molecule has 0 fully saturated rings. The zero-order valence-electron chi connectivity index (χ0n) is 10.7. The molecule has 2 aromatic rings. The zero-order chi connectivity index (χ0) is 14.2. The number of nitrogens with zero attached hydrogens (tertiary/aromatic N) is 1. The molecule has 5 heteroatoms. The molecule has 0 saturated heterocycles. The highest BCUT2D eigenvalue weighted by molar-refractivity contribution is 6.31. The van der Waals surface area contributed by atoms with Crippen LogP contribution in [0.5, 0.6) is 0 Å². The van der Waals surface area contributed by atoms with Crippen LogP contribution >= 0.6 is 11.6 Å². The molecule has 4 nitrogen and oxygen atoms in total. The van der Waals surface area contributed by atoms with Crippen LogP contribution in [0.2, 0.25) is 5.02 Å². The van der Waals surface area contributed by atoms with Crippen molar-refractivity contribution in [3.63, 3.8) is 0 Å². The topological polar surface area (TPSA) is 59.3 Å². The van der Waals surface area contributed by atoms with E-state index in [0.29, 0.717) is 15.9 Å². The first-order valence-corrected chi connectivity index (χ1v) is 6.41. The third-order valence-electron chi connectivity index (χ3n) is 3.26. The van der Waals surface area contributed by atoms with E-state index in [-0.39, 0.29) is 17.2 Å². The molecule has 1 atom stereocenters. The second-order valence-corrected chi connectivity index (χ2v) is 4.92. The van der Waals surface area contributed by atoms with Crippen molar-refractivity contribution in [1.29, 1.82) is 0 Å². The maximum Gasteiger partial charge on any atom is 0.352 e. The van der Waals surface area contributed by atoms with Gasteiger partial charge in [-0.25, -0.2) is 4.79 Å². The van der Waals surface area contributed by atoms with Gasteiger partial charge in [-0.05, 0) is 31.5 Å². The summed E-state index contributed by atoms with van der Waals surface area (Å²) >= 11 is 5.89. The average Bonchev–Trinajstić information content (AvgIpc) is 2.38. The lowest BCUT2D eigenvalue weighted by atomic mass is 10.1. The zero-order valence-corrected chi connectivity index (χ0v) is 11.4. The highest BCUT2D eigenvalue weighted by Gasteiger charge is 2.17. The molecule has 0 bridgehead atoms. The molecular formula is C14H14ClNO3. The Labute approximate surface area is 115 Å². The van der Waals surface area contributed by atoms with Crippen molar-refractivity contribution < 1.29 is 9.90 Å². The molecule has 0 aliphatic rings. The second kappa shape index (κ2) is 5.05. The number of benzene rings is 1. The average molecular weight is 280 g/mol. The quantitative estimate of drug-likeness (QED) is 0.937. The molecule has 1 aromatic heterocycles. The number of fused-ring (bicyclic) bond motifs is 1. The molecule has 1 N–H and O–H groups in total. The van der Waals surface area contributed by atoms with Crippen LogP contribution in [-0.4, -0.2) is 15.6 Å². The van der Waals surface area contributed by atoms with Gasteiger partial charge in [-0.1, -0.05) is 18.5 Å². The number of halogens is 1. The Morgan fingerprint density at radius 3 is 2.68 bits per heavy atom. The summed E-state index contributed by atoms with van der Waals surface area (Å²) in [5, 5.41) is 10.2. The number of aromatic nitrogens is 1. The Morgan fingerprint density at radius 2 is 2.11 bits per heavy atom. The molecule has 0 saturated carbocycles. The van der Waals surface area contributed by atoms with Gasteiger partial charge in [0.05, 0.1) is 5.52 Å². The smallest absolute Gasteiger partial charge is 0.352 e. The molecule has 1 heterocycles. The van der Waals surface area contributed by atoms with E-state index < -0.39 is 5.97 Å². The summed E-state index contributed by atoms with van der Waals surface area (Å²) in [4.78, 5) is 23.3. The van der Waals surface area contributed by atoms with Gasteiger partial charge >= 0.3 is 5.97 Å². The summed E-state index contributed by atoms with van der Waals surface area (Å²) in [5.74, 6) is -1.10. The number of rotatable bonds is 3. The van der Waals surface area contributed by atoms with E-state index in [2.05, 4.69) is 0 Å². The minimum absolute atomic E-state index is 0.00849. The van der Waals surface area contributed by atoms with Gasteiger partial charge in [0.1, 0.15) is 5.69 Å². The standard InChI is InChI=1S/C14H14ClNO3/c1-3-8(2)16-11-5-4-9(15)6-10(11)13(17)7-12(16)14(18)19/h4-8H,3H2,1-2H3,(H,18,19). The first kappa shape index (κ1) is 13.6. The Kier molecular flexibility index (Phi) is 3.62. The molecule has 0 spiro atoms. The van der Waals surface area contributed by atoms with E-state index in [0.717, 1.165) is 12.5 Å². The van der Waals surface area contributed by atoms with Crippen molar-refractivity contribution >= 4 is 28.5 Å². The monoisotopic (exact) mass is 279 g/mol. The second-order valence-electron chi connectivity index (χ2n) is 4.49. The van der Waals surface area contributed by atoms with Crippen LogP contribution in [0.15, 0.2) is 29.1 Å². The molecule has 0 radical (unpaired) electrons. The van der Waals surface area contributed by atoms with Crippen LogP contribution < -0.4 is 5.43 Å². The van der Waals surface area contributed by atoms with Crippen LogP contribution in [0.3, 0.4) is 0 Å². The Morgan fingerprint density at radius 1 is 1.42 bits per heavy atom. The molecule has 0 aliphatic heterocycles. The fourth-order valence-electron chi connectivity index (χ4n) is 2.14. The maximum atomic E-state index is 12.0. The molecule has 0 amide bonds. The third kappa shape index (κ3) is 2.36. The van der Waals surface area contributed by atoms with Gasteiger partial charge in [0.25, 0.3) is 0 Å². The summed E-state index contributed by atoms with van der Waals surface area (Å²) in [5.41, 5.74) is 0.285. The molecule has 2 rings (SSSR count). The Bertz CT molecular complexity index is 706. The summed E-state index contributed by atoms with van der Waals surface area (Å²) in [7, 11) is 0.